The topological polar surface area (TPSA) is 24.4 Å². The molecule has 0 aliphatic carbocycles. The van der Waals surface area contributed by atoms with Gasteiger partial charge in [-0.25, -0.2) is 0 Å². The molecule has 1 N–H and O–H groups in total. The summed E-state index contributed by atoms with van der Waals surface area (Å²) in [5.74, 6) is 0.727. The molecule has 0 radical (unpaired) electrons. The van der Waals surface area contributed by atoms with Gasteiger partial charge in [-0.1, -0.05) is 13.3 Å². The van der Waals surface area contributed by atoms with Crippen LogP contribution in [0.25, 0.3) is 0 Å². The molecule has 0 bridgehead atoms. The van der Waals surface area contributed by atoms with Crippen LogP contribution in [0.2, 0.25) is 0 Å². The van der Waals surface area contributed by atoms with Crippen LogP contribution in [-0.2, 0) is 0 Å². The second-order valence-corrected chi connectivity index (χ2v) is 4.90. The van der Waals surface area contributed by atoms with Crippen LogP contribution in [0.3, 0.4) is 0 Å². The number of nitrogens with zero attached hydrogens (tertiary/aromatic N) is 1. The van der Waals surface area contributed by atoms with E-state index in [0.29, 0.717) is 0 Å². The van der Waals surface area contributed by atoms with E-state index < -0.39 is 0 Å². The lowest BCUT2D eigenvalue weighted by Crippen LogP contribution is -2.43. The quantitative estimate of drug-likeness (QED) is 0.757. The first kappa shape index (κ1) is 11.1. The normalized spacial score (nSPS) is 29.7. The van der Waals surface area contributed by atoms with Gasteiger partial charge in [0.1, 0.15) is 0 Å². The van der Waals surface area contributed by atoms with Crippen LogP contribution >= 0.6 is 0 Å². The molecule has 0 amide bonds. The Hall–Kier alpha value is -0.370. The summed E-state index contributed by atoms with van der Waals surface area (Å²) in [5, 5.41) is 3.69. The maximum atomic E-state index is 4.75. The fourth-order valence-electron chi connectivity index (χ4n) is 3.00. The molecular formula is C13H24N2. The number of aliphatic imine (C=N–C) groups is 1. The second-order valence-electron chi connectivity index (χ2n) is 4.90. The molecular weight excluding hydrogens is 184 g/mol. The van der Waals surface area contributed by atoms with Crippen LogP contribution < -0.4 is 5.32 Å². The van der Waals surface area contributed by atoms with E-state index in [0.717, 1.165) is 18.5 Å². The van der Waals surface area contributed by atoms with Crippen molar-refractivity contribution in [2.24, 2.45) is 10.9 Å². The lowest BCUT2D eigenvalue weighted by molar-refractivity contribution is 0.336. The zero-order valence-corrected chi connectivity index (χ0v) is 9.97. The summed E-state index contributed by atoms with van der Waals surface area (Å²) >= 11 is 0. The fourth-order valence-corrected chi connectivity index (χ4v) is 3.00. The van der Waals surface area contributed by atoms with Crippen LogP contribution in [0.5, 0.6) is 0 Å². The predicted octanol–water partition coefficient (Wildman–Crippen LogP) is 2.78. The number of nitrogens with one attached hydrogen (secondary N) is 1. The molecule has 1 fully saturated rings. The third kappa shape index (κ3) is 2.81. The SMILES string of the molecule is CCC(C1=NCCCC1)C1CCCCN1. The van der Waals surface area contributed by atoms with E-state index in [1.54, 1.807) is 0 Å². The molecule has 2 nitrogen and oxygen atoms in total. The van der Waals surface area contributed by atoms with E-state index >= 15 is 0 Å². The highest BCUT2D eigenvalue weighted by Gasteiger charge is 2.26. The fraction of sp³-hybridized carbons (Fsp3) is 0.923. The van der Waals surface area contributed by atoms with Crippen molar-refractivity contribution in [1.82, 2.24) is 5.32 Å². The van der Waals surface area contributed by atoms with Gasteiger partial charge in [0.15, 0.2) is 0 Å². The molecule has 15 heavy (non-hydrogen) atoms. The van der Waals surface area contributed by atoms with E-state index in [1.165, 1.54) is 57.2 Å². The van der Waals surface area contributed by atoms with E-state index in [1.807, 2.05) is 0 Å². The van der Waals surface area contributed by atoms with Gasteiger partial charge in [-0.15, -0.1) is 0 Å². The largest absolute Gasteiger partial charge is 0.313 e. The minimum atomic E-state index is 0.723. The predicted molar refractivity (Wildman–Crippen MR) is 65.6 cm³/mol. The highest BCUT2D eigenvalue weighted by Crippen LogP contribution is 2.23. The highest BCUT2D eigenvalue weighted by molar-refractivity contribution is 5.87. The van der Waals surface area contributed by atoms with Crippen molar-refractivity contribution in [3.05, 3.63) is 0 Å². The summed E-state index contributed by atoms with van der Waals surface area (Å²) in [7, 11) is 0. The van der Waals surface area contributed by atoms with Crippen LogP contribution in [-0.4, -0.2) is 24.8 Å². The van der Waals surface area contributed by atoms with Gasteiger partial charge in [-0.3, -0.25) is 4.99 Å². The summed E-state index contributed by atoms with van der Waals surface area (Å²) in [6.45, 7) is 4.62. The molecule has 0 spiro atoms. The smallest absolute Gasteiger partial charge is 0.0388 e. The van der Waals surface area contributed by atoms with Gasteiger partial charge in [0.25, 0.3) is 0 Å². The third-order valence-electron chi connectivity index (χ3n) is 3.86. The zero-order valence-electron chi connectivity index (χ0n) is 9.97. The molecule has 0 saturated carbocycles. The van der Waals surface area contributed by atoms with E-state index in [-0.39, 0.29) is 0 Å². The van der Waals surface area contributed by atoms with Gasteiger partial charge in [-0.05, 0) is 45.1 Å². The lowest BCUT2D eigenvalue weighted by atomic mass is 9.84. The van der Waals surface area contributed by atoms with Gasteiger partial charge >= 0.3 is 0 Å². The Kier molecular flexibility index (Phi) is 4.18. The standard InChI is InChI=1S/C13H24N2/c1-2-11(12-7-3-5-9-14-12)13-8-4-6-10-15-13/h11-12,14H,2-10H2,1H3. The summed E-state index contributed by atoms with van der Waals surface area (Å²) in [6.07, 6.45) is 9.31. The Bertz CT molecular complexity index is 217. The Balaban J connectivity index is 1.98. The van der Waals surface area contributed by atoms with Gasteiger partial charge in [-0.2, -0.15) is 0 Å². The molecule has 2 unspecified atom stereocenters. The Morgan fingerprint density at radius 3 is 2.87 bits per heavy atom. The Morgan fingerprint density at radius 1 is 1.33 bits per heavy atom. The van der Waals surface area contributed by atoms with Crippen molar-refractivity contribution in [3.63, 3.8) is 0 Å². The summed E-state index contributed by atoms with van der Waals surface area (Å²) < 4.78 is 0. The maximum Gasteiger partial charge on any atom is 0.0388 e. The van der Waals surface area contributed by atoms with Gasteiger partial charge in [0.2, 0.25) is 0 Å². The number of hydrogen-bond donors (Lipinski definition) is 1. The highest BCUT2D eigenvalue weighted by atomic mass is 14.9. The van der Waals surface area contributed by atoms with Crippen molar-refractivity contribution in [2.75, 3.05) is 13.1 Å². The summed E-state index contributed by atoms with van der Waals surface area (Å²) in [4.78, 5) is 4.75. The molecule has 86 valence electrons. The molecule has 1 saturated heterocycles. The Labute approximate surface area is 93.6 Å². The van der Waals surface area contributed by atoms with Crippen molar-refractivity contribution < 1.29 is 0 Å². The first-order chi connectivity index (χ1) is 7.42. The minimum absolute atomic E-state index is 0.723. The van der Waals surface area contributed by atoms with Gasteiger partial charge in [0, 0.05) is 24.2 Å². The summed E-state index contributed by atoms with van der Waals surface area (Å²) in [6, 6.07) is 0.723. The first-order valence-corrected chi connectivity index (χ1v) is 6.68. The molecule has 2 aliphatic rings. The average molecular weight is 208 g/mol. The van der Waals surface area contributed by atoms with Crippen molar-refractivity contribution >= 4 is 5.71 Å². The van der Waals surface area contributed by atoms with Crippen LogP contribution in [0, 0.1) is 5.92 Å². The molecule has 2 atom stereocenters. The van der Waals surface area contributed by atoms with Crippen molar-refractivity contribution in [3.8, 4) is 0 Å². The molecule has 0 aromatic rings. The maximum absolute atomic E-state index is 4.75. The summed E-state index contributed by atoms with van der Waals surface area (Å²) in [5.41, 5.74) is 1.52. The number of piperidine rings is 1. The van der Waals surface area contributed by atoms with Gasteiger partial charge < -0.3 is 5.32 Å². The van der Waals surface area contributed by atoms with E-state index in [9.17, 15) is 0 Å². The minimum Gasteiger partial charge on any atom is -0.313 e. The molecule has 2 heterocycles. The number of hydrogen-bond acceptors (Lipinski definition) is 2. The molecule has 2 rings (SSSR count). The number of rotatable bonds is 3. The second kappa shape index (κ2) is 5.64. The zero-order chi connectivity index (χ0) is 10.5. The van der Waals surface area contributed by atoms with Crippen molar-refractivity contribution in [1.29, 1.82) is 0 Å². The monoisotopic (exact) mass is 208 g/mol. The molecule has 0 aromatic carbocycles. The molecule has 0 aromatic heterocycles. The molecule has 2 aliphatic heterocycles. The Morgan fingerprint density at radius 2 is 2.27 bits per heavy atom. The van der Waals surface area contributed by atoms with Crippen molar-refractivity contribution in [2.45, 2.75) is 57.9 Å². The third-order valence-corrected chi connectivity index (χ3v) is 3.86. The van der Waals surface area contributed by atoms with Crippen LogP contribution in [0.4, 0.5) is 0 Å². The molecule has 2 heteroatoms. The van der Waals surface area contributed by atoms with Crippen LogP contribution in [0.1, 0.15) is 51.9 Å². The van der Waals surface area contributed by atoms with E-state index in [4.69, 9.17) is 4.99 Å². The van der Waals surface area contributed by atoms with Crippen LogP contribution in [0.15, 0.2) is 4.99 Å². The van der Waals surface area contributed by atoms with E-state index in [2.05, 4.69) is 12.2 Å². The average Bonchev–Trinajstić information content (AvgIpc) is 2.33. The lowest BCUT2D eigenvalue weighted by Gasteiger charge is -2.32. The first-order valence-electron chi connectivity index (χ1n) is 6.68. The van der Waals surface area contributed by atoms with Gasteiger partial charge in [0.05, 0.1) is 0 Å².